The highest BCUT2D eigenvalue weighted by Gasteiger charge is 2.29. The lowest BCUT2D eigenvalue weighted by molar-refractivity contribution is 0.0370. The Bertz CT molecular complexity index is 679. The molecule has 0 atom stereocenters. The molecule has 0 saturated heterocycles. The lowest BCUT2D eigenvalue weighted by Gasteiger charge is -2.15. The third-order valence-electron chi connectivity index (χ3n) is 2.80. The van der Waals surface area contributed by atoms with Crippen LogP contribution in [0.15, 0.2) is 60.7 Å². The molecule has 2 rings (SSSR count). The third kappa shape index (κ3) is 5.00. The first-order chi connectivity index (χ1) is 11.5. The molecule has 8 nitrogen and oxygen atoms in total. The average Bonchev–Trinajstić information content (AvgIpc) is 2.65. The van der Waals surface area contributed by atoms with Crippen LogP contribution in [0.1, 0.15) is 20.7 Å². The zero-order valence-corrected chi connectivity index (χ0v) is 13.6. The topological polar surface area (TPSA) is 103 Å². The summed E-state index contributed by atoms with van der Waals surface area (Å²) in [6.45, 7) is 0. The van der Waals surface area contributed by atoms with Gasteiger partial charge >= 0.3 is 7.82 Å². The van der Waals surface area contributed by atoms with Gasteiger partial charge in [0.1, 0.15) is 0 Å². The van der Waals surface area contributed by atoms with Gasteiger partial charge in [-0.1, -0.05) is 36.4 Å². The van der Waals surface area contributed by atoms with Crippen molar-refractivity contribution in [3.63, 3.8) is 0 Å². The summed E-state index contributed by atoms with van der Waals surface area (Å²) >= 11 is 0. The molecular weight excluding hydrogens is 335 g/mol. The second-order valence-corrected chi connectivity index (χ2v) is 6.03. The number of hydrogen-bond acceptors (Lipinski definition) is 6. The number of amides is 2. The summed E-state index contributed by atoms with van der Waals surface area (Å²) in [4.78, 5) is 23.6. The first-order valence-corrected chi connectivity index (χ1v) is 8.24. The van der Waals surface area contributed by atoms with E-state index in [9.17, 15) is 14.2 Å². The van der Waals surface area contributed by atoms with Gasteiger partial charge in [0.15, 0.2) is 0 Å². The Hall–Kier alpha value is -2.51. The minimum atomic E-state index is -4.21. The summed E-state index contributed by atoms with van der Waals surface area (Å²) in [7, 11) is -3.17. The Balaban J connectivity index is 1.90. The summed E-state index contributed by atoms with van der Waals surface area (Å²) < 4.78 is 26.1. The average molecular weight is 350 g/mol. The van der Waals surface area contributed by atoms with Crippen LogP contribution in [-0.2, 0) is 18.3 Å². The van der Waals surface area contributed by atoms with Gasteiger partial charge in [0.2, 0.25) is 0 Å². The fourth-order valence-electron chi connectivity index (χ4n) is 1.58. The molecule has 0 aliphatic heterocycles. The summed E-state index contributed by atoms with van der Waals surface area (Å²) in [6, 6.07) is 16.2. The standard InChI is InChI=1S/C15H15N2O6P/c1-21-24(20,22-16-14(18)12-8-4-2-5-9-12)23-17-15(19)13-10-6-3-7-11-13/h2-11H,1H3,(H,16,18)(H,17,19). The van der Waals surface area contributed by atoms with Crippen molar-refractivity contribution >= 4 is 19.6 Å². The molecule has 2 aromatic carbocycles. The van der Waals surface area contributed by atoms with E-state index in [1.165, 1.54) is 24.3 Å². The predicted molar refractivity (Wildman–Crippen MR) is 84.6 cm³/mol. The van der Waals surface area contributed by atoms with Crippen molar-refractivity contribution < 1.29 is 27.9 Å². The Morgan fingerprint density at radius 3 is 1.50 bits per heavy atom. The zero-order valence-electron chi connectivity index (χ0n) is 12.7. The monoisotopic (exact) mass is 350 g/mol. The molecule has 9 heteroatoms. The van der Waals surface area contributed by atoms with Crippen LogP contribution in [0, 0.1) is 0 Å². The maximum absolute atomic E-state index is 12.2. The van der Waals surface area contributed by atoms with Gasteiger partial charge < -0.3 is 0 Å². The smallest absolute Gasteiger partial charge is 0.288 e. The molecule has 2 aromatic rings. The van der Waals surface area contributed by atoms with Crippen LogP contribution in [-0.4, -0.2) is 18.9 Å². The Morgan fingerprint density at radius 2 is 1.17 bits per heavy atom. The molecule has 0 fully saturated rings. The SMILES string of the molecule is COP(=O)(ONC(=O)c1ccccc1)ONC(=O)c1ccccc1. The van der Waals surface area contributed by atoms with E-state index in [1.807, 2.05) is 11.0 Å². The lowest BCUT2D eigenvalue weighted by Crippen LogP contribution is -2.27. The number of hydrogen-bond donors (Lipinski definition) is 2. The van der Waals surface area contributed by atoms with Gasteiger partial charge in [-0.2, -0.15) is 9.25 Å². The Labute approximate surface area is 138 Å². The number of carbonyl (C=O) groups excluding carboxylic acids is 2. The zero-order chi connectivity index (χ0) is 17.4. The fourth-order valence-corrected chi connectivity index (χ4v) is 2.16. The van der Waals surface area contributed by atoms with E-state index < -0.39 is 19.6 Å². The largest absolute Gasteiger partial charge is 0.517 e. The molecule has 0 radical (unpaired) electrons. The number of hydroxylamine groups is 2. The van der Waals surface area contributed by atoms with Gasteiger partial charge in [0.05, 0.1) is 0 Å². The molecule has 0 aliphatic carbocycles. The van der Waals surface area contributed by atoms with Crippen molar-refractivity contribution in [2.75, 3.05) is 7.11 Å². The highest BCUT2D eigenvalue weighted by molar-refractivity contribution is 7.48. The summed E-state index contributed by atoms with van der Waals surface area (Å²) in [5, 5.41) is 0. The van der Waals surface area contributed by atoms with Gasteiger partial charge in [0.25, 0.3) is 11.8 Å². The minimum absolute atomic E-state index is 0.286. The number of rotatable bonds is 7. The molecule has 0 spiro atoms. The summed E-state index contributed by atoms with van der Waals surface area (Å²) in [5.41, 5.74) is 4.47. The molecule has 0 bridgehead atoms. The van der Waals surface area contributed by atoms with Crippen LogP contribution < -0.4 is 11.0 Å². The van der Waals surface area contributed by atoms with Gasteiger partial charge in [-0.05, 0) is 24.3 Å². The van der Waals surface area contributed by atoms with Gasteiger partial charge in [-0.15, -0.1) is 0 Å². The van der Waals surface area contributed by atoms with E-state index in [-0.39, 0.29) is 11.1 Å². The third-order valence-corrected chi connectivity index (χ3v) is 3.87. The molecule has 0 heterocycles. The van der Waals surface area contributed by atoms with Crippen LogP contribution in [0.2, 0.25) is 0 Å². The van der Waals surface area contributed by atoms with Crippen molar-refractivity contribution in [2.24, 2.45) is 0 Å². The van der Waals surface area contributed by atoms with Gasteiger partial charge in [0, 0.05) is 18.2 Å². The molecule has 2 N–H and O–H groups in total. The summed E-state index contributed by atoms with van der Waals surface area (Å²) in [6.07, 6.45) is 0. The van der Waals surface area contributed by atoms with Crippen molar-refractivity contribution in [2.45, 2.75) is 0 Å². The second kappa shape index (κ2) is 8.37. The van der Waals surface area contributed by atoms with Crippen molar-refractivity contribution in [1.29, 1.82) is 0 Å². The van der Waals surface area contributed by atoms with Crippen molar-refractivity contribution in [3.8, 4) is 0 Å². The Morgan fingerprint density at radius 1 is 0.792 bits per heavy atom. The normalized spacial score (nSPS) is 10.9. The van der Waals surface area contributed by atoms with Gasteiger partial charge in [-0.3, -0.25) is 14.1 Å². The molecular formula is C15H15N2O6P. The number of nitrogens with one attached hydrogen (secondary N) is 2. The second-order valence-electron chi connectivity index (χ2n) is 4.41. The predicted octanol–water partition coefficient (Wildman–Crippen LogP) is 2.46. The van der Waals surface area contributed by atoms with Crippen LogP contribution in [0.25, 0.3) is 0 Å². The van der Waals surface area contributed by atoms with Crippen molar-refractivity contribution in [1.82, 2.24) is 11.0 Å². The van der Waals surface area contributed by atoms with Crippen LogP contribution in [0.5, 0.6) is 0 Å². The highest BCUT2D eigenvalue weighted by atomic mass is 31.2. The minimum Gasteiger partial charge on any atom is -0.288 e. The molecule has 0 aromatic heterocycles. The van der Waals surface area contributed by atoms with E-state index in [0.29, 0.717) is 0 Å². The van der Waals surface area contributed by atoms with E-state index in [0.717, 1.165) is 7.11 Å². The van der Waals surface area contributed by atoms with Crippen LogP contribution >= 0.6 is 7.82 Å². The van der Waals surface area contributed by atoms with E-state index in [4.69, 9.17) is 0 Å². The molecule has 0 saturated carbocycles. The Kier molecular flexibility index (Phi) is 6.22. The first kappa shape index (κ1) is 17.8. The van der Waals surface area contributed by atoms with Gasteiger partial charge in [-0.25, -0.2) is 15.5 Å². The van der Waals surface area contributed by atoms with E-state index in [1.54, 1.807) is 36.4 Å². The quantitative estimate of drug-likeness (QED) is 0.587. The van der Waals surface area contributed by atoms with Crippen LogP contribution in [0.3, 0.4) is 0 Å². The van der Waals surface area contributed by atoms with Crippen molar-refractivity contribution in [3.05, 3.63) is 71.8 Å². The first-order valence-electron chi connectivity index (χ1n) is 6.78. The van der Waals surface area contributed by atoms with Crippen LogP contribution in [0.4, 0.5) is 0 Å². The molecule has 24 heavy (non-hydrogen) atoms. The molecule has 2 amide bonds. The highest BCUT2D eigenvalue weighted by Crippen LogP contribution is 2.46. The fraction of sp³-hybridized carbons (Fsp3) is 0.0667. The molecule has 0 unspecified atom stereocenters. The number of phosphoric acid groups is 1. The number of benzene rings is 2. The maximum atomic E-state index is 12.2. The maximum Gasteiger partial charge on any atom is 0.517 e. The van der Waals surface area contributed by atoms with E-state index in [2.05, 4.69) is 13.8 Å². The van der Waals surface area contributed by atoms with E-state index >= 15 is 0 Å². The lowest BCUT2D eigenvalue weighted by atomic mass is 10.2. The summed E-state index contributed by atoms with van der Waals surface area (Å²) in [5.74, 6) is -1.29. The molecule has 0 aliphatic rings. The number of carbonyl (C=O) groups is 2. The molecule has 126 valence electrons.